The van der Waals surface area contributed by atoms with E-state index in [2.05, 4.69) is 25.8 Å². The van der Waals surface area contributed by atoms with Crippen molar-refractivity contribution in [1.82, 2.24) is 15.2 Å². The summed E-state index contributed by atoms with van der Waals surface area (Å²) in [5, 5.41) is 12.0. The summed E-state index contributed by atoms with van der Waals surface area (Å²) < 4.78 is 0. The Hall–Kier alpha value is -1.79. The lowest BCUT2D eigenvalue weighted by Gasteiger charge is -2.06. The largest absolute Gasteiger partial charge is 0.326 e. The Morgan fingerprint density at radius 1 is 1.18 bits per heavy atom. The molecule has 0 aliphatic heterocycles. The molecule has 0 atom stereocenters. The topological polar surface area (TPSA) is 82.7 Å². The third kappa shape index (κ3) is 3.33. The zero-order valence-corrected chi connectivity index (χ0v) is 9.88. The molecule has 0 spiro atoms. The summed E-state index contributed by atoms with van der Waals surface area (Å²) >= 11 is 11.6. The smallest absolute Gasteiger partial charge is 0.308 e. The van der Waals surface area contributed by atoms with E-state index >= 15 is 0 Å². The van der Waals surface area contributed by atoms with Gasteiger partial charge in [-0.2, -0.15) is 10.1 Å². The normalized spacial score (nSPS) is 10.0. The molecule has 8 heteroatoms. The molecular weight excluding hydrogens is 265 g/mol. The van der Waals surface area contributed by atoms with Gasteiger partial charge in [0.25, 0.3) is 0 Å². The Bertz CT molecular complexity index is 508. The second kappa shape index (κ2) is 5.03. The first-order valence-corrected chi connectivity index (χ1v) is 5.28. The van der Waals surface area contributed by atoms with Crippen LogP contribution in [0.25, 0.3) is 0 Å². The van der Waals surface area contributed by atoms with Crippen LogP contribution in [0.1, 0.15) is 0 Å². The number of halogens is 2. The summed E-state index contributed by atoms with van der Waals surface area (Å²) in [6.45, 7) is 0. The van der Waals surface area contributed by atoms with Crippen LogP contribution < -0.4 is 10.6 Å². The lowest BCUT2D eigenvalue weighted by molar-refractivity contribution is 0.262. The summed E-state index contributed by atoms with van der Waals surface area (Å²) in [5.41, 5.74) is 0.486. The van der Waals surface area contributed by atoms with Gasteiger partial charge in [0.05, 0.1) is 0 Å². The fourth-order valence-corrected chi connectivity index (χ4v) is 1.69. The van der Waals surface area contributed by atoms with Crippen molar-refractivity contribution < 1.29 is 4.79 Å². The number of rotatable bonds is 2. The lowest BCUT2D eigenvalue weighted by atomic mass is 10.3. The molecule has 0 aliphatic carbocycles. The van der Waals surface area contributed by atoms with Crippen LogP contribution in [0.4, 0.5) is 16.4 Å². The number of benzene rings is 1. The molecule has 0 radical (unpaired) electrons. The van der Waals surface area contributed by atoms with Crippen LogP contribution in [0.2, 0.25) is 10.0 Å². The van der Waals surface area contributed by atoms with Crippen LogP contribution in [-0.4, -0.2) is 21.2 Å². The van der Waals surface area contributed by atoms with Crippen LogP contribution >= 0.6 is 23.2 Å². The van der Waals surface area contributed by atoms with E-state index in [-0.39, 0.29) is 5.95 Å². The number of H-pyrrole nitrogens is 1. The Balaban J connectivity index is 2.03. The van der Waals surface area contributed by atoms with Gasteiger partial charge in [-0.15, -0.1) is 0 Å². The summed E-state index contributed by atoms with van der Waals surface area (Å²) in [7, 11) is 0. The van der Waals surface area contributed by atoms with Crippen LogP contribution in [0.5, 0.6) is 0 Å². The van der Waals surface area contributed by atoms with Gasteiger partial charge >= 0.3 is 6.03 Å². The highest BCUT2D eigenvalue weighted by Crippen LogP contribution is 2.22. The van der Waals surface area contributed by atoms with Gasteiger partial charge in [0, 0.05) is 15.7 Å². The Labute approximate surface area is 106 Å². The van der Waals surface area contributed by atoms with Crippen molar-refractivity contribution in [3.8, 4) is 0 Å². The molecular formula is C9H7Cl2N5O. The van der Waals surface area contributed by atoms with Crippen LogP contribution in [-0.2, 0) is 0 Å². The molecule has 2 amide bonds. The molecule has 2 rings (SSSR count). The number of amides is 2. The number of carbonyl (C=O) groups is 1. The highest BCUT2D eigenvalue weighted by Gasteiger charge is 2.05. The number of hydrogen-bond acceptors (Lipinski definition) is 3. The minimum absolute atomic E-state index is 0.246. The molecule has 88 valence electrons. The summed E-state index contributed by atoms with van der Waals surface area (Å²) in [6.07, 6.45) is 1.28. The first kappa shape index (κ1) is 11.7. The number of aromatic amines is 1. The molecule has 1 aromatic heterocycles. The van der Waals surface area contributed by atoms with Crippen molar-refractivity contribution >= 4 is 40.9 Å². The Morgan fingerprint density at radius 2 is 1.88 bits per heavy atom. The molecule has 0 fully saturated rings. The van der Waals surface area contributed by atoms with Gasteiger partial charge in [-0.25, -0.2) is 9.89 Å². The first-order valence-electron chi connectivity index (χ1n) is 4.53. The molecule has 0 saturated heterocycles. The highest BCUT2D eigenvalue weighted by molar-refractivity contribution is 6.35. The number of urea groups is 1. The van der Waals surface area contributed by atoms with Crippen molar-refractivity contribution in [3.63, 3.8) is 0 Å². The van der Waals surface area contributed by atoms with E-state index in [4.69, 9.17) is 23.2 Å². The van der Waals surface area contributed by atoms with Gasteiger partial charge in [-0.1, -0.05) is 23.2 Å². The van der Waals surface area contributed by atoms with Gasteiger partial charge in [0.15, 0.2) is 0 Å². The highest BCUT2D eigenvalue weighted by atomic mass is 35.5. The lowest BCUT2D eigenvalue weighted by Crippen LogP contribution is -2.20. The molecule has 1 aromatic carbocycles. The molecule has 0 bridgehead atoms. The minimum atomic E-state index is -0.472. The minimum Gasteiger partial charge on any atom is -0.308 e. The molecule has 0 saturated carbocycles. The van der Waals surface area contributed by atoms with E-state index in [0.717, 1.165) is 0 Å². The molecule has 6 nitrogen and oxygen atoms in total. The molecule has 3 N–H and O–H groups in total. The number of nitrogens with zero attached hydrogens (tertiary/aromatic N) is 2. The first-order chi connectivity index (χ1) is 8.13. The van der Waals surface area contributed by atoms with Crippen LogP contribution in [0.3, 0.4) is 0 Å². The van der Waals surface area contributed by atoms with E-state index in [1.54, 1.807) is 18.2 Å². The number of hydrogen-bond donors (Lipinski definition) is 3. The van der Waals surface area contributed by atoms with E-state index in [0.29, 0.717) is 15.7 Å². The average molecular weight is 272 g/mol. The van der Waals surface area contributed by atoms with E-state index in [9.17, 15) is 4.79 Å². The van der Waals surface area contributed by atoms with Gasteiger partial charge in [0.1, 0.15) is 6.33 Å². The number of anilines is 2. The molecule has 0 aliphatic rings. The predicted molar refractivity (Wildman–Crippen MR) is 65.5 cm³/mol. The maximum Gasteiger partial charge on any atom is 0.326 e. The number of aromatic nitrogens is 3. The van der Waals surface area contributed by atoms with Crippen molar-refractivity contribution in [2.45, 2.75) is 0 Å². The maximum atomic E-state index is 11.5. The summed E-state index contributed by atoms with van der Waals surface area (Å²) in [4.78, 5) is 15.2. The number of carbonyl (C=O) groups excluding carboxylic acids is 1. The maximum absolute atomic E-state index is 11.5. The standard InChI is InChI=1S/C9H7Cl2N5O/c10-5-1-6(11)3-7(2-5)14-9(17)15-8-12-4-13-16-8/h1-4H,(H3,12,13,14,15,16,17). The average Bonchev–Trinajstić information content (AvgIpc) is 2.67. The fraction of sp³-hybridized carbons (Fsp3) is 0. The van der Waals surface area contributed by atoms with Crippen molar-refractivity contribution in [3.05, 3.63) is 34.6 Å². The quantitative estimate of drug-likeness (QED) is 0.786. The SMILES string of the molecule is O=C(Nc1cc(Cl)cc(Cl)c1)Nc1ncn[nH]1. The monoisotopic (exact) mass is 271 g/mol. The summed E-state index contributed by atoms with van der Waals surface area (Å²) in [6, 6.07) is 4.25. The molecule has 17 heavy (non-hydrogen) atoms. The molecule has 0 unspecified atom stereocenters. The van der Waals surface area contributed by atoms with E-state index in [1.807, 2.05) is 0 Å². The van der Waals surface area contributed by atoms with Gasteiger partial charge in [-0.3, -0.25) is 5.32 Å². The second-order valence-corrected chi connectivity index (χ2v) is 3.94. The van der Waals surface area contributed by atoms with Gasteiger partial charge in [0.2, 0.25) is 5.95 Å². The second-order valence-electron chi connectivity index (χ2n) is 3.07. The number of nitrogens with one attached hydrogen (secondary N) is 3. The van der Waals surface area contributed by atoms with Crippen molar-refractivity contribution in [2.75, 3.05) is 10.6 Å². The van der Waals surface area contributed by atoms with Crippen LogP contribution in [0, 0.1) is 0 Å². The van der Waals surface area contributed by atoms with Gasteiger partial charge < -0.3 is 5.32 Å². The fourth-order valence-electron chi connectivity index (χ4n) is 1.16. The Morgan fingerprint density at radius 3 is 2.47 bits per heavy atom. The Kier molecular flexibility index (Phi) is 3.46. The van der Waals surface area contributed by atoms with Crippen molar-refractivity contribution in [2.24, 2.45) is 0 Å². The third-order valence-electron chi connectivity index (χ3n) is 1.77. The molecule has 2 aromatic rings. The van der Waals surface area contributed by atoms with E-state index in [1.165, 1.54) is 6.33 Å². The van der Waals surface area contributed by atoms with E-state index < -0.39 is 6.03 Å². The molecule has 1 heterocycles. The zero-order valence-electron chi connectivity index (χ0n) is 8.37. The predicted octanol–water partition coefficient (Wildman–Crippen LogP) is 2.76. The zero-order chi connectivity index (χ0) is 12.3. The van der Waals surface area contributed by atoms with Crippen LogP contribution in [0.15, 0.2) is 24.5 Å². The third-order valence-corrected chi connectivity index (χ3v) is 2.20. The van der Waals surface area contributed by atoms with Gasteiger partial charge in [-0.05, 0) is 18.2 Å². The summed E-state index contributed by atoms with van der Waals surface area (Å²) in [5.74, 6) is 0.246. The van der Waals surface area contributed by atoms with Crippen molar-refractivity contribution in [1.29, 1.82) is 0 Å².